The third-order valence-corrected chi connectivity index (χ3v) is 2.83. The molecule has 17 heavy (non-hydrogen) atoms. The maximum absolute atomic E-state index is 11.8. The Bertz CT molecular complexity index is 405. The summed E-state index contributed by atoms with van der Waals surface area (Å²) in [5.41, 5.74) is 1.01. The van der Waals surface area contributed by atoms with Crippen molar-refractivity contribution in [3.8, 4) is 0 Å². The molecule has 1 saturated heterocycles. The minimum Gasteiger partial charge on any atom is -0.356 e. The Kier molecular flexibility index (Phi) is 3.69. The number of carbonyl (C=O) groups excluding carboxylic acids is 2. The van der Waals surface area contributed by atoms with E-state index in [1.54, 1.807) is 12.4 Å². The van der Waals surface area contributed by atoms with Crippen molar-refractivity contribution < 1.29 is 9.59 Å². The van der Waals surface area contributed by atoms with Crippen LogP contribution in [0.4, 0.5) is 0 Å². The Morgan fingerprint density at radius 1 is 1.47 bits per heavy atom. The van der Waals surface area contributed by atoms with Crippen LogP contribution in [0.2, 0.25) is 0 Å². The maximum atomic E-state index is 11.8. The van der Waals surface area contributed by atoms with E-state index in [-0.39, 0.29) is 17.7 Å². The molecule has 1 fully saturated rings. The van der Waals surface area contributed by atoms with Gasteiger partial charge in [0, 0.05) is 37.8 Å². The van der Waals surface area contributed by atoms with Crippen LogP contribution in [0.3, 0.4) is 0 Å². The molecule has 1 aliphatic rings. The zero-order valence-corrected chi connectivity index (χ0v) is 9.48. The molecule has 0 saturated carbocycles. The molecule has 1 aromatic heterocycles. The monoisotopic (exact) mass is 233 g/mol. The predicted octanol–water partition coefficient (Wildman–Crippen LogP) is 0.224. The average Bonchev–Trinajstić information content (AvgIpc) is 2.37. The van der Waals surface area contributed by atoms with Gasteiger partial charge in [0.25, 0.3) is 0 Å². The lowest BCUT2D eigenvalue weighted by molar-refractivity contribution is -0.132. The zero-order valence-electron chi connectivity index (χ0n) is 9.48. The summed E-state index contributed by atoms with van der Waals surface area (Å²) in [5.74, 6) is -0.275. The van der Waals surface area contributed by atoms with E-state index in [4.69, 9.17) is 0 Å². The van der Waals surface area contributed by atoms with Crippen LogP contribution in [0.25, 0.3) is 0 Å². The normalized spacial score (nSPS) is 19.5. The first-order valence-corrected chi connectivity index (χ1v) is 5.69. The topological polar surface area (TPSA) is 71.1 Å². The summed E-state index contributed by atoms with van der Waals surface area (Å²) < 4.78 is 0. The fourth-order valence-corrected chi connectivity index (χ4v) is 1.84. The van der Waals surface area contributed by atoms with Gasteiger partial charge in [0.1, 0.15) is 0 Å². The Morgan fingerprint density at radius 2 is 2.24 bits per heavy atom. The van der Waals surface area contributed by atoms with Crippen LogP contribution >= 0.6 is 0 Å². The van der Waals surface area contributed by atoms with Crippen LogP contribution in [-0.4, -0.2) is 23.3 Å². The summed E-state index contributed by atoms with van der Waals surface area (Å²) in [5, 5.41) is 5.56. The second-order valence-electron chi connectivity index (χ2n) is 4.11. The Hall–Kier alpha value is -1.91. The van der Waals surface area contributed by atoms with Gasteiger partial charge < -0.3 is 10.6 Å². The smallest absolute Gasteiger partial charge is 0.223 e. The SMILES string of the molecule is O=C1CC(C(=O)NCc2ccncc2)CCN1. The molecule has 1 aliphatic heterocycles. The predicted molar refractivity (Wildman–Crippen MR) is 61.8 cm³/mol. The first-order valence-electron chi connectivity index (χ1n) is 5.69. The van der Waals surface area contributed by atoms with E-state index in [9.17, 15) is 9.59 Å². The average molecular weight is 233 g/mol. The standard InChI is InChI=1S/C12H15N3O2/c16-11-7-10(3-6-14-11)12(17)15-8-9-1-4-13-5-2-9/h1-2,4-5,10H,3,6-8H2,(H,14,16)(H,15,17). The highest BCUT2D eigenvalue weighted by atomic mass is 16.2. The van der Waals surface area contributed by atoms with Gasteiger partial charge in [-0.2, -0.15) is 0 Å². The molecule has 1 aromatic rings. The van der Waals surface area contributed by atoms with E-state index >= 15 is 0 Å². The van der Waals surface area contributed by atoms with Crippen molar-refractivity contribution in [3.63, 3.8) is 0 Å². The van der Waals surface area contributed by atoms with Crippen LogP contribution in [0, 0.1) is 5.92 Å². The van der Waals surface area contributed by atoms with Gasteiger partial charge in [0.2, 0.25) is 11.8 Å². The second kappa shape index (κ2) is 5.43. The minimum atomic E-state index is -0.189. The van der Waals surface area contributed by atoms with Crippen LogP contribution in [-0.2, 0) is 16.1 Å². The second-order valence-corrected chi connectivity index (χ2v) is 4.11. The number of pyridine rings is 1. The van der Waals surface area contributed by atoms with Crippen molar-refractivity contribution in [2.75, 3.05) is 6.54 Å². The summed E-state index contributed by atoms with van der Waals surface area (Å²) in [4.78, 5) is 26.9. The number of hydrogen-bond acceptors (Lipinski definition) is 3. The van der Waals surface area contributed by atoms with Gasteiger partial charge in [-0.3, -0.25) is 14.6 Å². The van der Waals surface area contributed by atoms with Gasteiger partial charge in [0.15, 0.2) is 0 Å². The summed E-state index contributed by atoms with van der Waals surface area (Å²) in [7, 11) is 0. The van der Waals surface area contributed by atoms with Crippen molar-refractivity contribution in [2.24, 2.45) is 5.92 Å². The fourth-order valence-electron chi connectivity index (χ4n) is 1.84. The molecule has 5 nitrogen and oxygen atoms in total. The Labute approximate surface area is 99.6 Å². The van der Waals surface area contributed by atoms with E-state index in [0.717, 1.165) is 5.56 Å². The number of nitrogens with zero attached hydrogens (tertiary/aromatic N) is 1. The number of aromatic nitrogens is 1. The molecule has 2 rings (SSSR count). The van der Waals surface area contributed by atoms with Gasteiger partial charge in [-0.25, -0.2) is 0 Å². The van der Waals surface area contributed by atoms with E-state index in [2.05, 4.69) is 15.6 Å². The first kappa shape index (κ1) is 11.6. The number of nitrogens with one attached hydrogen (secondary N) is 2. The van der Waals surface area contributed by atoms with Gasteiger partial charge in [-0.15, -0.1) is 0 Å². The van der Waals surface area contributed by atoms with Gasteiger partial charge in [0.05, 0.1) is 0 Å². The largest absolute Gasteiger partial charge is 0.356 e. The first-order chi connectivity index (χ1) is 8.25. The van der Waals surface area contributed by atoms with Crippen LogP contribution in [0.1, 0.15) is 18.4 Å². The van der Waals surface area contributed by atoms with Crippen molar-refractivity contribution in [3.05, 3.63) is 30.1 Å². The molecule has 2 heterocycles. The summed E-state index contributed by atoms with van der Waals surface area (Å²) in [6, 6.07) is 3.71. The fraction of sp³-hybridized carbons (Fsp3) is 0.417. The van der Waals surface area contributed by atoms with Crippen LogP contribution in [0.5, 0.6) is 0 Å². The molecule has 0 radical (unpaired) electrons. The van der Waals surface area contributed by atoms with E-state index < -0.39 is 0 Å². The highest BCUT2D eigenvalue weighted by Gasteiger charge is 2.24. The molecular formula is C12H15N3O2. The van der Waals surface area contributed by atoms with E-state index in [1.165, 1.54) is 0 Å². The number of rotatable bonds is 3. The van der Waals surface area contributed by atoms with Crippen LogP contribution in [0.15, 0.2) is 24.5 Å². The third kappa shape index (κ3) is 3.27. The molecular weight excluding hydrogens is 218 g/mol. The van der Waals surface area contributed by atoms with Crippen LogP contribution < -0.4 is 10.6 Å². The van der Waals surface area contributed by atoms with E-state index in [0.29, 0.717) is 25.9 Å². The van der Waals surface area contributed by atoms with Crippen molar-refractivity contribution in [1.82, 2.24) is 15.6 Å². The lowest BCUT2D eigenvalue weighted by Crippen LogP contribution is -2.40. The molecule has 0 aromatic carbocycles. The van der Waals surface area contributed by atoms with Crippen molar-refractivity contribution in [2.45, 2.75) is 19.4 Å². The van der Waals surface area contributed by atoms with Gasteiger partial charge >= 0.3 is 0 Å². The summed E-state index contributed by atoms with van der Waals surface area (Å²) in [6.07, 6.45) is 4.39. The summed E-state index contributed by atoms with van der Waals surface area (Å²) in [6.45, 7) is 1.08. The highest BCUT2D eigenvalue weighted by molar-refractivity contribution is 5.86. The van der Waals surface area contributed by atoms with Crippen molar-refractivity contribution in [1.29, 1.82) is 0 Å². The molecule has 2 amide bonds. The highest BCUT2D eigenvalue weighted by Crippen LogP contribution is 2.12. The Balaban J connectivity index is 1.83. The van der Waals surface area contributed by atoms with Gasteiger partial charge in [-0.1, -0.05) is 0 Å². The van der Waals surface area contributed by atoms with Gasteiger partial charge in [-0.05, 0) is 24.1 Å². The molecule has 5 heteroatoms. The number of carbonyl (C=O) groups is 2. The zero-order chi connectivity index (χ0) is 12.1. The lowest BCUT2D eigenvalue weighted by Gasteiger charge is -2.21. The molecule has 2 N–H and O–H groups in total. The molecule has 0 bridgehead atoms. The molecule has 0 spiro atoms. The molecule has 1 unspecified atom stereocenters. The van der Waals surface area contributed by atoms with Crippen molar-refractivity contribution >= 4 is 11.8 Å². The lowest BCUT2D eigenvalue weighted by atomic mass is 9.96. The maximum Gasteiger partial charge on any atom is 0.223 e. The minimum absolute atomic E-state index is 0.0414. The third-order valence-electron chi connectivity index (χ3n) is 2.83. The Morgan fingerprint density at radius 3 is 2.94 bits per heavy atom. The number of piperidine rings is 1. The molecule has 0 aliphatic carbocycles. The summed E-state index contributed by atoms with van der Waals surface area (Å²) >= 11 is 0. The number of hydrogen-bond donors (Lipinski definition) is 2. The number of amides is 2. The molecule has 1 atom stereocenters. The molecule has 90 valence electrons. The van der Waals surface area contributed by atoms with E-state index in [1.807, 2.05) is 12.1 Å². The quantitative estimate of drug-likeness (QED) is 0.784.